The summed E-state index contributed by atoms with van der Waals surface area (Å²) in [5.74, 6) is 0.439. The number of amides is 1. The van der Waals surface area contributed by atoms with Crippen LogP contribution >= 0.6 is 33.9 Å². The third kappa shape index (κ3) is 4.61. The van der Waals surface area contributed by atoms with Crippen LogP contribution in [0, 0.1) is 13.7 Å². The van der Waals surface area contributed by atoms with Crippen molar-refractivity contribution < 1.29 is 14.5 Å². The van der Waals surface area contributed by atoms with Crippen LogP contribution in [-0.4, -0.2) is 23.7 Å². The minimum absolute atomic E-state index is 0.00428. The van der Waals surface area contributed by atoms with Gasteiger partial charge in [-0.25, -0.2) is 5.43 Å². The molecule has 138 valence electrons. The number of nitrogens with zero attached hydrogens (tertiary/aromatic N) is 2. The van der Waals surface area contributed by atoms with E-state index in [0.717, 1.165) is 19.6 Å². The molecular weight excluding hydrogens is 481 g/mol. The van der Waals surface area contributed by atoms with Crippen LogP contribution in [0.5, 0.6) is 5.75 Å². The van der Waals surface area contributed by atoms with E-state index in [9.17, 15) is 14.9 Å². The van der Waals surface area contributed by atoms with Crippen LogP contribution in [0.4, 0.5) is 5.69 Å². The summed E-state index contributed by atoms with van der Waals surface area (Å²) in [5, 5.41) is 15.5. The minimum atomic E-state index is -0.459. The lowest BCUT2D eigenvalue weighted by molar-refractivity contribution is -0.384. The highest BCUT2D eigenvalue weighted by Gasteiger charge is 2.13. The second kappa shape index (κ2) is 8.44. The van der Waals surface area contributed by atoms with Gasteiger partial charge in [-0.05, 0) is 65.4 Å². The van der Waals surface area contributed by atoms with E-state index >= 15 is 0 Å². The number of thiophene rings is 1. The molecule has 0 spiro atoms. The van der Waals surface area contributed by atoms with Gasteiger partial charge in [0.15, 0.2) is 0 Å². The molecule has 1 N–H and O–H groups in total. The molecule has 2 aromatic carbocycles. The molecule has 7 nitrogen and oxygen atoms in total. The molecule has 9 heteroatoms. The van der Waals surface area contributed by atoms with E-state index in [1.165, 1.54) is 23.5 Å². The first-order valence-electron chi connectivity index (χ1n) is 7.91. The van der Waals surface area contributed by atoms with Crippen LogP contribution in [0.2, 0.25) is 0 Å². The number of carbonyl (C=O) groups excluding carboxylic acids is 1. The molecule has 0 atom stereocenters. The van der Waals surface area contributed by atoms with Gasteiger partial charge in [-0.3, -0.25) is 14.9 Å². The largest absolute Gasteiger partial charge is 0.493 e. The third-order valence-corrected chi connectivity index (χ3v) is 5.53. The van der Waals surface area contributed by atoms with E-state index in [4.69, 9.17) is 4.74 Å². The molecule has 1 heterocycles. The molecular formula is C18H14IN3O4S. The smallest absolute Gasteiger partial charge is 0.281 e. The monoisotopic (exact) mass is 495 g/mol. The highest BCUT2D eigenvalue weighted by Crippen LogP contribution is 2.29. The first-order chi connectivity index (χ1) is 13.0. The van der Waals surface area contributed by atoms with E-state index in [0.29, 0.717) is 16.9 Å². The molecule has 0 unspecified atom stereocenters. The third-order valence-electron chi connectivity index (χ3n) is 3.57. The molecule has 0 saturated carbocycles. The van der Waals surface area contributed by atoms with Gasteiger partial charge >= 0.3 is 0 Å². The molecule has 0 radical (unpaired) electrons. The number of carbonyl (C=O) groups is 1. The van der Waals surface area contributed by atoms with E-state index in [1.54, 1.807) is 18.3 Å². The molecule has 0 bridgehead atoms. The Morgan fingerprint density at radius 3 is 2.85 bits per heavy atom. The van der Waals surface area contributed by atoms with Crippen molar-refractivity contribution in [2.45, 2.75) is 6.92 Å². The fraction of sp³-hybridized carbons (Fsp3) is 0.111. The first-order valence-corrected chi connectivity index (χ1v) is 9.81. The number of ether oxygens (including phenoxy) is 1. The lowest BCUT2D eigenvalue weighted by atomic mass is 10.2. The molecule has 0 aliphatic heterocycles. The van der Waals surface area contributed by atoms with Gasteiger partial charge < -0.3 is 4.74 Å². The molecule has 3 aromatic rings. The summed E-state index contributed by atoms with van der Waals surface area (Å²) in [7, 11) is 0. The Labute approximate surface area is 172 Å². The van der Waals surface area contributed by atoms with Crippen molar-refractivity contribution in [2.75, 3.05) is 6.61 Å². The Hall–Kier alpha value is -2.53. The normalized spacial score (nSPS) is 11.0. The Morgan fingerprint density at radius 2 is 2.15 bits per heavy atom. The molecule has 1 amide bonds. The molecule has 3 rings (SSSR count). The Kier molecular flexibility index (Phi) is 6.01. The first kappa shape index (κ1) is 19.2. The zero-order valence-electron chi connectivity index (χ0n) is 14.1. The molecule has 0 aliphatic carbocycles. The van der Waals surface area contributed by atoms with Gasteiger partial charge in [0.1, 0.15) is 5.75 Å². The number of halogens is 1. The average molecular weight is 495 g/mol. The number of fused-ring (bicyclic) bond motifs is 1. The van der Waals surface area contributed by atoms with Crippen LogP contribution in [0.15, 0.2) is 47.6 Å². The fourth-order valence-corrected chi connectivity index (χ4v) is 3.97. The highest BCUT2D eigenvalue weighted by atomic mass is 127. The summed E-state index contributed by atoms with van der Waals surface area (Å²) in [6, 6.07) is 11.7. The van der Waals surface area contributed by atoms with Crippen molar-refractivity contribution in [2.24, 2.45) is 5.10 Å². The van der Waals surface area contributed by atoms with Crippen molar-refractivity contribution in [1.82, 2.24) is 5.43 Å². The van der Waals surface area contributed by atoms with Gasteiger partial charge in [-0.2, -0.15) is 5.10 Å². The SMILES string of the molecule is CCOc1ccc(/C=N\NC(=O)c2cc3cc([N+](=O)[O-])ccc3s2)cc1I. The molecule has 1 aromatic heterocycles. The van der Waals surface area contributed by atoms with Crippen molar-refractivity contribution >= 4 is 61.8 Å². The number of nitrogens with one attached hydrogen (secondary N) is 1. The number of nitro benzene ring substituents is 1. The van der Waals surface area contributed by atoms with Crippen LogP contribution in [0.1, 0.15) is 22.2 Å². The quantitative estimate of drug-likeness (QED) is 0.235. The van der Waals surface area contributed by atoms with Crippen LogP contribution in [0.25, 0.3) is 10.1 Å². The van der Waals surface area contributed by atoms with Gasteiger partial charge in [-0.1, -0.05) is 0 Å². The fourth-order valence-electron chi connectivity index (χ4n) is 2.35. The van der Waals surface area contributed by atoms with E-state index in [-0.39, 0.29) is 11.6 Å². The number of hydrazone groups is 1. The Balaban J connectivity index is 1.70. The second-order valence-corrected chi connectivity index (χ2v) is 7.66. The maximum atomic E-state index is 12.3. The van der Waals surface area contributed by atoms with Gasteiger partial charge in [0, 0.05) is 22.2 Å². The van der Waals surface area contributed by atoms with Gasteiger partial charge in [0.25, 0.3) is 11.6 Å². The Morgan fingerprint density at radius 1 is 1.33 bits per heavy atom. The van der Waals surface area contributed by atoms with E-state index < -0.39 is 4.92 Å². The van der Waals surface area contributed by atoms with Crippen LogP contribution in [0.3, 0.4) is 0 Å². The molecule has 0 aliphatic rings. The van der Waals surface area contributed by atoms with Gasteiger partial charge in [0.2, 0.25) is 0 Å². The average Bonchev–Trinajstić information content (AvgIpc) is 3.07. The summed E-state index contributed by atoms with van der Waals surface area (Å²) < 4.78 is 7.24. The number of non-ortho nitro benzene ring substituents is 1. The zero-order chi connectivity index (χ0) is 19.4. The number of rotatable bonds is 6. The summed E-state index contributed by atoms with van der Waals surface area (Å²) in [6.45, 7) is 2.52. The van der Waals surface area contributed by atoms with E-state index in [2.05, 4.69) is 33.1 Å². The van der Waals surface area contributed by atoms with Crippen molar-refractivity contribution in [3.05, 3.63) is 66.6 Å². The highest BCUT2D eigenvalue weighted by molar-refractivity contribution is 14.1. The summed E-state index contributed by atoms with van der Waals surface area (Å²) in [4.78, 5) is 23.1. The van der Waals surface area contributed by atoms with Gasteiger partial charge in [0.05, 0.1) is 26.2 Å². The van der Waals surface area contributed by atoms with Gasteiger partial charge in [-0.15, -0.1) is 11.3 Å². The number of hydrogen-bond acceptors (Lipinski definition) is 6. The lowest BCUT2D eigenvalue weighted by Crippen LogP contribution is -2.16. The van der Waals surface area contributed by atoms with Crippen molar-refractivity contribution in [3.63, 3.8) is 0 Å². The Bertz CT molecular complexity index is 1050. The van der Waals surface area contributed by atoms with Crippen molar-refractivity contribution in [1.29, 1.82) is 0 Å². The summed E-state index contributed by atoms with van der Waals surface area (Å²) >= 11 is 3.43. The maximum Gasteiger partial charge on any atom is 0.281 e. The minimum Gasteiger partial charge on any atom is -0.493 e. The summed E-state index contributed by atoms with van der Waals surface area (Å²) in [5.41, 5.74) is 3.30. The second-order valence-electron chi connectivity index (χ2n) is 5.41. The predicted molar refractivity (Wildman–Crippen MR) is 114 cm³/mol. The predicted octanol–water partition coefficient (Wildman–Crippen LogP) is 4.58. The maximum absolute atomic E-state index is 12.3. The number of hydrogen-bond donors (Lipinski definition) is 1. The van der Waals surface area contributed by atoms with Crippen LogP contribution < -0.4 is 10.2 Å². The lowest BCUT2D eigenvalue weighted by Gasteiger charge is -2.05. The zero-order valence-corrected chi connectivity index (χ0v) is 17.1. The number of benzene rings is 2. The number of nitro groups is 1. The molecule has 27 heavy (non-hydrogen) atoms. The summed E-state index contributed by atoms with van der Waals surface area (Å²) in [6.07, 6.45) is 1.55. The molecule has 0 fully saturated rings. The topological polar surface area (TPSA) is 93.8 Å². The van der Waals surface area contributed by atoms with Crippen molar-refractivity contribution in [3.8, 4) is 5.75 Å². The standard InChI is InChI=1S/C18H14IN3O4S/c1-2-26-15-5-3-11(7-14(15)19)10-20-21-18(23)17-9-12-8-13(22(24)25)4-6-16(12)27-17/h3-10H,2H2,1H3,(H,21,23)/b20-10-. The molecule has 0 saturated heterocycles. The van der Waals surface area contributed by atoms with Crippen LogP contribution in [-0.2, 0) is 0 Å². The van der Waals surface area contributed by atoms with E-state index in [1.807, 2.05) is 25.1 Å².